The van der Waals surface area contributed by atoms with Crippen molar-refractivity contribution in [3.8, 4) is 16.9 Å². The van der Waals surface area contributed by atoms with E-state index < -0.39 is 5.97 Å². The van der Waals surface area contributed by atoms with Crippen LogP contribution in [0.3, 0.4) is 0 Å². The molecule has 7 N–H and O–H groups in total. The van der Waals surface area contributed by atoms with Gasteiger partial charge < -0.3 is 26.6 Å². The van der Waals surface area contributed by atoms with E-state index in [9.17, 15) is 9.90 Å². The number of anilines is 1. The fourth-order valence-electron chi connectivity index (χ4n) is 5.64. The number of benzene rings is 4. The lowest BCUT2D eigenvalue weighted by molar-refractivity contribution is 0.0697. The highest BCUT2D eigenvalue weighted by atomic mass is 16.5. The Hall–Kier alpha value is -4.62. The maximum absolute atomic E-state index is 12.3. The first kappa shape index (κ1) is 26.0. The SMILES string of the molecule is COc1ccc(-c2ccc(CN)cc2CC2(Cc3ccccc3)CNc3ccc(C(=N)N)cc32)c(C(=O)O)c1. The van der Waals surface area contributed by atoms with Crippen molar-refractivity contribution in [2.45, 2.75) is 24.8 Å². The molecule has 0 spiro atoms. The fraction of sp³-hybridized carbons (Fsp3) is 0.188. The number of aromatic carboxylic acids is 1. The number of methoxy groups -OCH3 is 1. The van der Waals surface area contributed by atoms with E-state index in [1.54, 1.807) is 12.1 Å². The molecular formula is C32H32N4O3. The molecule has 0 aliphatic carbocycles. The smallest absolute Gasteiger partial charge is 0.336 e. The van der Waals surface area contributed by atoms with Gasteiger partial charge in [-0.3, -0.25) is 5.41 Å². The Morgan fingerprint density at radius 2 is 1.74 bits per heavy atom. The summed E-state index contributed by atoms with van der Waals surface area (Å²) in [7, 11) is 1.52. The molecule has 1 aliphatic rings. The van der Waals surface area contributed by atoms with E-state index in [-0.39, 0.29) is 16.8 Å². The van der Waals surface area contributed by atoms with Crippen molar-refractivity contribution >= 4 is 17.5 Å². The zero-order chi connectivity index (χ0) is 27.6. The van der Waals surface area contributed by atoms with E-state index in [0.717, 1.165) is 34.4 Å². The summed E-state index contributed by atoms with van der Waals surface area (Å²) in [5.41, 5.74) is 19.2. The van der Waals surface area contributed by atoms with Gasteiger partial charge in [-0.15, -0.1) is 0 Å². The molecule has 0 amide bonds. The van der Waals surface area contributed by atoms with Crippen LogP contribution in [0.5, 0.6) is 5.75 Å². The van der Waals surface area contributed by atoms with E-state index in [4.69, 9.17) is 21.6 Å². The van der Waals surface area contributed by atoms with Gasteiger partial charge in [-0.05, 0) is 82.6 Å². The highest BCUT2D eigenvalue weighted by molar-refractivity contribution is 5.97. The number of carboxylic acids is 1. The average Bonchev–Trinajstić information content (AvgIpc) is 3.30. The molecule has 39 heavy (non-hydrogen) atoms. The van der Waals surface area contributed by atoms with Gasteiger partial charge in [0.15, 0.2) is 0 Å². The minimum Gasteiger partial charge on any atom is -0.497 e. The van der Waals surface area contributed by atoms with Crippen LogP contribution in [0, 0.1) is 5.41 Å². The van der Waals surface area contributed by atoms with E-state index in [1.807, 2.05) is 54.6 Å². The quantitative estimate of drug-likeness (QED) is 0.157. The third-order valence-electron chi connectivity index (χ3n) is 7.59. The highest BCUT2D eigenvalue weighted by Crippen LogP contribution is 2.44. The van der Waals surface area contributed by atoms with Gasteiger partial charge >= 0.3 is 5.97 Å². The van der Waals surface area contributed by atoms with Crippen LogP contribution >= 0.6 is 0 Å². The maximum Gasteiger partial charge on any atom is 0.336 e. The van der Waals surface area contributed by atoms with E-state index >= 15 is 0 Å². The second-order valence-corrected chi connectivity index (χ2v) is 10.1. The van der Waals surface area contributed by atoms with E-state index in [2.05, 4.69) is 23.5 Å². The molecule has 1 unspecified atom stereocenters. The number of amidine groups is 1. The third-order valence-corrected chi connectivity index (χ3v) is 7.59. The number of carbonyl (C=O) groups is 1. The van der Waals surface area contributed by atoms with Crippen LogP contribution in [0.25, 0.3) is 11.1 Å². The molecule has 1 atom stereocenters. The molecule has 1 aliphatic heterocycles. The molecule has 0 radical (unpaired) electrons. The summed E-state index contributed by atoms with van der Waals surface area (Å²) in [4.78, 5) is 12.3. The molecule has 0 bridgehead atoms. The number of rotatable bonds is 9. The van der Waals surface area contributed by atoms with Gasteiger partial charge in [0.25, 0.3) is 0 Å². The van der Waals surface area contributed by atoms with Crippen molar-refractivity contribution < 1.29 is 14.6 Å². The summed E-state index contributed by atoms with van der Waals surface area (Å²) >= 11 is 0. The summed E-state index contributed by atoms with van der Waals surface area (Å²) in [6.07, 6.45) is 1.37. The van der Waals surface area contributed by atoms with Crippen LogP contribution < -0.4 is 21.5 Å². The lowest BCUT2D eigenvalue weighted by Gasteiger charge is -2.31. The van der Waals surface area contributed by atoms with Crippen LogP contribution in [0.1, 0.15) is 38.2 Å². The summed E-state index contributed by atoms with van der Waals surface area (Å²) in [6, 6.07) is 27.4. The molecule has 0 aromatic heterocycles. The number of nitrogen functional groups attached to an aromatic ring is 1. The van der Waals surface area contributed by atoms with E-state index in [1.165, 1.54) is 12.7 Å². The molecule has 4 aromatic carbocycles. The lowest BCUT2D eigenvalue weighted by Crippen LogP contribution is -2.34. The highest BCUT2D eigenvalue weighted by Gasteiger charge is 2.40. The molecular weight excluding hydrogens is 488 g/mol. The normalized spacial score (nSPS) is 15.8. The molecule has 0 saturated heterocycles. The Kier molecular flexibility index (Phi) is 7.09. The van der Waals surface area contributed by atoms with Gasteiger partial charge in [0, 0.05) is 29.8 Å². The molecule has 1 heterocycles. The zero-order valence-electron chi connectivity index (χ0n) is 21.8. The zero-order valence-corrected chi connectivity index (χ0v) is 21.8. The number of nitrogens with two attached hydrogens (primary N) is 2. The largest absolute Gasteiger partial charge is 0.497 e. The third kappa shape index (κ3) is 5.09. The standard InChI is InChI=1S/C32H32N4O3/c1-39-24-9-11-26(27(15-24)31(37)38)25-10-7-21(18-33)13-23(25)17-32(16-20-5-3-2-4-6-20)19-36-29-12-8-22(30(34)35)14-28(29)32/h2-15,36H,16-19,33H2,1H3,(H3,34,35)(H,37,38). The van der Waals surface area contributed by atoms with Gasteiger partial charge in [0.2, 0.25) is 0 Å². The first-order chi connectivity index (χ1) is 18.8. The number of fused-ring (bicyclic) bond motifs is 1. The monoisotopic (exact) mass is 520 g/mol. The van der Waals surface area contributed by atoms with Crippen molar-refractivity contribution in [3.05, 3.63) is 118 Å². The summed E-state index contributed by atoms with van der Waals surface area (Å²) in [5, 5.41) is 21.7. The summed E-state index contributed by atoms with van der Waals surface area (Å²) in [5.74, 6) is -0.508. The second kappa shape index (κ2) is 10.6. The molecule has 4 aromatic rings. The van der Waals surface area contributed by atoms with Crippen molar-refractivity contribution in [2.24, 2.45) is 11.5 Å². The van der Waals surface area contributed by atoms with Crippen molar-refractivity contribution in [1.29, 1.82) is 5.41 Å². The fourth-order valence-corrected chi connectivity index (χ4v) is 5.64. The van der Waals surface area contributed by atoms with Crippen LogP contribution in [0.4, 0.5) is 5.69 Å². The molecule has 198 valence electrons. The van der Waals surface area contributed by atoms with Crippen LogP contribution in [-0.2, 0) is 24.8 Å². The van der Waals surface area contributed by atoms with Crippen molar-refractivity contribution in [2.75, 3.05) is 19.0 Å². The van der Waals surface area contributed by atoms with Gasteiger partial charge in [-0.25, -0.2) is 4.79 Å². The number of hydrogen-bond donors (Lipinski definition) is 5. The average molecular weight is 521 g/mol. The molecule has 0 saturated carbocycles. The minimum atomic E-state index is -1.02. The van der Waals surface area contributed by atoms with Crippen LogP contribution in [-0.4, -0.2) is 30.6 Å². The predicted octanol–water partition coefficient (Wildman–Crippen LogP) is 4.95. The lowest BCUT2D eigenvalue weighted by atomic mass is 9.71. The Balaban J connectivity index is 1.70. The topological polar surface area (TPSA) is 134 Å². The van der Waals surface area contributed by atoms with Crippen LogP contribution in [0.15, 0.2) is 84.9 Å². The predicted molar refractivity (Wildman–Crippen MR) is 155 cm³/mol. The molecule has 5 rings (SSSR count). The Morgan fingerprint density at radius 1 is 0.974 bits per heavy atom. The van der Waals surface area contributed by atoms with Gasteiger partial charge in [-0.2, -0.15) is 0 Å². The van der Waals surface area contributed by atoms with Crippen molar-refractivity contribution in [3.63, 3.8) is 0 Å². The number of ether oxygens (including phenoxy) is 1. The van der Waals surface area contributed by atoms with Crippen molar-refractivity contribution in [1.82, 2.24) is 0 Å². The number of hydrogen-bond acceptors (Lipinski definition) is 5. The minimum absolute atomic E-state index is 0.0217. The first-order valence-corrected chi connectivity index (χ1v) is 12.8. The van der Waals surface area contributed by atoms with Crippen LogP contribution in [0.2, 0.25) is 0 Å². The van der Waals surface area contributed by atoms with Gasteiger partial charge in [0.1, 0.15) is 11.6 Å². The van der Waals surface area contributed by atoms with Gasteiger partial charge in [0.05, 0.1) is 12.7 Å². The Bertz CT molecular complexity index is 1550. The number of carboxylic acid groups (broad SMARTS) is 1. The second-order valence-electron chi connectivity index (χ2n) is 10.1. The van der Waals surface area contributed by atoms with Gasteiger partial charge in [-0.1, -0.05) is 48.5 Å². The molecule has 7 heteroatoms. The van der Waals surface area contributed by atoms with E-state index in [0.29, 0.717) is 36.4 Å². The first-order valence-electron chi connectivity index (χ1n) is 12.8. The molecule has 0 fully saturated rings. The summed E-state index contributed by atoms with van der Waals surface area (Å²) < 4.78 is 5.31. The Labute approximate surface area is 228 Å². The summed E-state index contributed by atoms with van der Waals surface area (Å²) in [6.45, 7) is 1.05. The Morgan fingerprint density at radius 3 is 2.44 bits per heavy atom. The number of nitrogens with one attached hydrogen (secondary N) is 2. The molecule has 7 nitrogen and oxygen atoms in total. The maximum atomic E-state index is 12.3.